The van der Waals surface area contributed by atoms with Crippen LogP contribution in [0, 0.1) is 6.92 Å². The van der Waals surface area contributed by atoms with Gasteiger partial charge in [-0.2, -0.15) is 10.2 Å². The number of pyridine rings is 1. The van der Waals surface area contributed by atoms with E-state index in [2.05, 4.69) is 20.3 Å². The van der Waals surface area contributed by atoms with E-state index in [0.29, 0.717) is 22.6 Å². The van der Waals surface area contributed by atoms with Gasteiger partial charge < -0.3 is 9.64 Å². The number of hydrogen-bond acceptors (Lipinski definition) is 5. The molecule has 0 aliphatic heterocycles. The molecule has 0 spiro atoms. The Morgan fingerprint density at radius 1 is 1.20 bits per heavy atom. The first kappa shape index (κ1) is 19.4. The Labute approximate surface area is 173 Å². The fourth-order valence-corrected chi connectivity index (χ4v) is 3.48. The number of hydrogen-bond donors (Lipinski definition) is 1. The first-order valence-corrected chi connectivity index (χ1v) is 9.39. The molecule has 0 saturated carbocycles. The van der Waals surface area contributed by atoms with E-state index in [1.165, 1.54) is 4.90 Å². The van der Waals surface area contributed by atoms with Gasteiger partial charge in [-0.3, -0.25) is 19.7 Å². The summed E-state index contributed by atoms with van der Waals surface area (Å²) in [6, 6.07) is 7.33. The van der Waals surface area contributed by atoms with Gasteiger partial charge in [0.1, 0.15) is 5.75 Å². The zero-order valence-corrected chi connectivity index (χ0v) is 17.5. The number of aromatic nitrogens is 5. The first-order valence-electron chi connectivity index (χ1n) is 9.39. The molecule has 154 valence electrons. The number of anilines is 2. The smallest absolute Gasteiger partial charge is 0.328 e. The molecule has 1 N–H and O–H groups in total. The molecule has 0 atom stereocenters. The molecular weight excluding hydrogens is 382 g/mol. The summed E-state index contributed by atoms with van der Waals surface area (Å²) < 4.78 is 7.27. The van der Waals surface area contributed by atoms with Crippen molar-refractivity contribution in [1.29, 1.82) is 0 Å². The van der Waals surface area contributed by atoms with Crippen LogP contribution in [-0.2, 0) is 7.05 Å². The maximum Gasteiger partial charge on any atom is 0.328 e. The summed E-state index contributed by atoms with van der Waals surface area (Å²) >= 11 is 0. The quantitative estimate of drug-likeness (QED) is 0.561. The van der Waals surface area contributed by atoms with E-state index in [1.54, 1.807) is 43.2 Å². The Bertz CT molecular complexity index is 1210. The summed E-state index contributed by atoms with van der Waals surface area (Å²) in [6.45, 7) is 1.88. The molecule has 3 aromatic heterocycles. The number of H-pyrrole nitrogens is 1. The molecule has 9 heteroatoms. The van der Waals surface area contributed by atoms with E-state index in [-0.39, 0.29) is 6.03 Å². The number of fused-ring (bicyclic) bond motifs is 1. The number of carbonyl (C=O) groups is 1. The minimum Gasteiger partial charge on any atom is -0.496 e. The lowest BCUT2D eigenvalue weighted by Crippen LogP contribution is -2.36. The lowest BCUT2D eigenvalue weighted by Gasteiger charge is -2.27. The molecule has 4 aromatic rings. The number of ether oxygens (including phenoxy) is 1. The van der Waals surface area contributed by atoms with E-state index < -0.39 is 0 Å². The van der Waals surface area contributed by atoms with Crippen LogP contribution in [0.3, 0.4) is 0 Å². The number of aryl methyl sites for hydroxylation is 2. The highest BCUT2D eigenvalue weighted by molar-refractivity contribution is 6.08. The molecule has 1 aromatic carbocycles. The summed E-state index contributed by atoms with van der Waals surface area (Å²) in [7, 11) is 6.90. The molecule has 30 heavy (non-hydrogen) atoms. The van der Waals surface area contributed by atoms with Crippen molar-refractivity contribution in [2.45, 2.75) is 6.92 Å². The van der Waals surface area contributed by atoms with Crippen molar-refractivity contribution in [2.24, 2.45) is 7.05 Å². The predicted molar refractivity (Wildman–Crippen MR) is 115 cm³/mol. The molecule has 0 bridgehead atoms. The number of aromatic amines is 1. The third-order valence-corrected chi connectivity index (χ3v) is 4.86. The van der Waals surface area contributed by atoms with Crippen molar-refractivity contribution in [1.82, 2.24) is 29.9 Å². The van der Waals surface area contributed by atoms with Gasteiger partial charge in [0.25, 0.3) is 0 Å². The van der Waals surface area contributed by atoms with Crippen LogP contribution in [0.2, 0.25) is 0 Å². The number of benzene rings is 1. The zero-order chi connectivity index (χ0) is 21.4. The molecule has 0 aliphatic rings. The van der Waals surface area contributed by atoms with E-state index in [1.807, 2.05) is 44.4 Å². The SMILES string of the molecule is COc1cc2nccc(N(C(=O)N(C)C)c3cn(C)nc3C)c2cc1-c1cc[nH]n1. The minimum atomic E-state index is -0.185. The van der Waals surface area contributed by atoms with Gasteiger partial charge in [-0.25, -0.2) is 4.79 Å². The van der Waals surface area contributed by atoms with Gasteiger partial charge in [0, 0.05) is 56.7 Å². The lowest BCUT2D eigenvalue weighted by atomic mass is 10.0. The number of amides is 2. The highest BCUT2D eigenvalue weighted by atomic mass is 16.5. The van der Waals surface area contributed by atoms with Crippen molar-refractivity contribution in [2.75, 3.05) is 26.1 Å². The van der Waals surface area contributed by atoms with Crippen molar-refractivity contribution >= 4 is 28.3 Å². The van der Waals surface area contributed by atoms with Crippen LogP contribution in [0.1, 0.15) is 5.69 Å². The van der Waals surface area contributed by atoms with Crippen LogP contribution in [0.5, 0.6) is 5.75 Å². The second-order valence-corrected chi connectivity index (χ2v) is 7.15. The number of carbonyl (C=O) groups excluding carboxylic acids is 1. The fraction of sp³-hybridized carbons (Fsp3) is 0.238. The number of rotatable bonds is 4. The van der Waals surface area contributed by atoms with Crippen LogP contribution < -0.4 is 9.64 Å². The normalized spacial score (nSPS) is 11.0. The molecule has 4 rings (SSSR count). The molecule has 0 unspecified atom stereocenters. The van der Waals surface area contributed by atoms with Crippen LogP contribution in [0.15, 0.2) is 42.9 Å². The highest BCUT2D eigenvalue weighted by Gasteiger charge is 2.26. The maximum absolute atomic E-state index is 13.2. The number of nitrogens with zero attached hydrogens (tertiary/aromatic N) is 6. The molecular formula is C21H23N7O2. The molecule has 9 nitrogen and oxygen atoms in total. The number of nitrogens with one attached hydrogen (secondary N) is 1. The Morgan fingerprint density at radius 3 is 2.60 bits per heavy atom. The van der Waals surface area contributed by atoms with Crippen molar-refractivity contribution in [3.63, 3.8) is 0 Å². The van der Waals surface area contributed by atoms with Gasteiger partial charge in [0.15, 0.2) is 0 Å². The third-order valence-electron chi connectivity index (χ3n) is 4.86. The van der Waals surface area contributed by atoms with Crippen LogP contribution >= 0.6 is 0 Å². The Hall–Kier alpha value is -3.88. The Morgan fingerprint density at radius 2 is 2.00 bits per heavy atom. The highest BCUT2D eigenvalue weighted by Crippen LogP contribution is 2.39. The van der Waals surface area contributed by atoms with Gasteiger partial charge in [-0.05, 0) is 25.1 Å². The van der Waals surface area contributed by atoms with E-state index in [9.17, 15) is 4.79 Å². The van der Waals surface area contributed by atoms with Crippen LogP contribution in [0.25, 0.3) is 22.2 Å². The average molecular weight is 405 g/mol. The first-order chi connectivity index (χ1) is 14.4. The Balaban J connectivity index is 2.00. The van der Waals surface area contributed by atoms with Gasteiger partial charge in [-0.15, -0.1) is 0 Å². The average Bonchev–Trinajstić information content (AvgIpc) is 3.37. The van der Waals surface area contributed by atoms with Crippen molar-refractivity contribution < 1.29 is 9.53 Å². The van der Waals surface area contributed by atoms with Gasteiger partial charge >= 0.3 is 6.03 Å². The molecule has 0 radical (unpaired) electrons. The topological polar surface area (TPSA) is 92.2 Å². The molecule has 0 aliphatic carbocycles. The predicted octanol–water partition coefficient (Wildman–Crippen LogP) is 3.50. The molecule has 2 amide bonds. The summed E-state index contributed by atoms with van der Waals surface area (Å²) in [5.41, 5.74) is 4.42. The van der Waals surface area contributed by atoms with Crippen molar-refractivity contribution in [3.8, 4) is 17.0 Å². The summed E-state index contributed by atoms with van der Waals surface area (Å²) in [5.74, 6) is 0.655. The molecule has 3 heterocycles. The summed E-state index contributed by atoms with van der Waals surface area (Å²) in [6.07, 6.45) is 5.28. The third kappa shape index (κ3) is 3.24. The standard InChI is InChI=1S/C21H23N7O2/c1-13-19(12-27(4)25-13)28(21(29)26(2)3)18-7-8-22-17-11-20(30-5)15(10-14(17)18)16-6-9-23-24-16/h6-12H,1-5H3,(H,23,24). The van der Waals surface area contributed by atoms with E-state index in [0.717, 1.165) is 22.3 Å². The largest absolute Gasteiger partial charge is 0.496 e. The lowest BCUT2D eigenvalue weighted by molar-refractivity contribution is 0.226. The second-order valence-electron chi connectivity index (χ2n) is 7.15. The summed E-state index contributed by atoms with van der Waals surface area (Å²) in [5, 5.41) is 12.3. The monoisotopic (exact) mass is 405 g/mol. The van der Waals surface area contributed by atoms with E-state index >= 15 is 0 Å². The van der Waals surface area contributed by atoms with Gasteiger partial charge in [0.2, 0.25) is 0 Å². The second kappa shape index (κ2) is 7.51. The van der Waals surface area contributed by atoms with E-state index in [4.69, 9.17) is 4.74 Å². The molecule has 0 saturated heterocycles. The summed E-state index contributed by atoms with van der Waals surface area (Å²) in [4.78, 5) is 20.9. The van der Waals surface area contributed by atoms with Gasteiger partial charge in [0.05, 0.1) is 35.4 Å². The number of urea groups is 1. The van der Waals surface area contributed by atoms with Crippen LogP contribution in [0.4, 0.5) is 16.2 Å². The zero-order valence-electron chi connectivity index (χ0n) is 17.5. The fourth-order valence-electron chi connectivity index (χ4n) is 3.48. The number of methoxy groups -OCH3 is 1. The Kier molecular flexibility index (Phi) is 4.86. The van der Waals surface area contributed by atoms with Crippen LogP contribution in [-0.4, -0.2) is 57.1 Å². The minimum absolute atomic E-state index is 0.185. The maximum atomic E-state index is 13.2. The van der Waals surface area contributed by atoms with Gasteiger partial charge in [-0.1, -0.05) is 0 Å². The molecule has 0 fully saturated rings. The van der Waals surface area contributed by atoms with Crippen molar-refractivity contribution in [3.05, 3.63) is 48.5 Å².